The zero-order valence-electron chi connectivity index (χ0n) is 75.7. The van der Waals surface area contributed by atoms with Crippen molar-refractivity contribution >= 4 is 5.91 Å². The van der Waals surface area contributed by atoms with Crippen LogP contribution in [0.2, 0.25) is 0 Å². The monoisotopic (exact) mass is 1680 g/mol. The van der Waals surface area contributed by atoms with Crippen LogP contribution in [0.25, 0.3) is 0 Å². The van der Waals surface area contributed by atoms with Gasteiger partial charge in [0, 0.05) is 6.42 Å². The molecule has 12 N–H and O–H groups in total. The summed E-state index contributed by atoms with van der Waals surface area (Å²) in [5, 5.41) is 121. The lowest BCUT2D eigenvalue weighted by molar-refractivity contribution is -0.379. The minimum absolute atomic E-state index is 0.249. The van der Waals surface area contributed by atoms with Gasteiger partial charge in [0.2, 0.25) is 5.91 Å². The molecule has 0 saturated carbocycles. The highest BCUT2D eigenvalue weighted by Gasteiger charge is 2.54. The zero-order chi connectivity index (χ0) is 85.2. The van der Waals surface area contributed by atoms with E-state index in [1.54, 1.807) is 6.08 Å². The van der Waals surface area contributed by atoms with Crippen LogP contribution in [0.3, 0.4) is 0 Å². The van der Waals surface area contributed by atoms with E-state index in [0.29, 0.717) is 6.42 Å². The van der Waals surface area contributed by atoms with E-state index in [-0.39, 0.29) is 18.9 Å². The fraction of sp³-hybridized carbons (Fsp3) is 0.929. The van der Waals surface area contributed by atoms with Crippen molar-refractivity contribution in [1.29, 1.82) is 0 Å². The summed E-state index contributed by atoms with van der Waals surface area (Å²) < 4.78 is 34.6. The van der Waals surface area contributed by atoms with Crippen molar-refractivity contribution in [2.75, 3.05) is 26.4 Å². The molecule has 17 atom stereocenters. The molecule has 17 unspecified atom stereocenters. The van der Waals surface area contributed by atoms with E-state index < -0.39 is 124 Å². The van der Waals surface area contributed by atoms with E-state index in [0.717, 1.165) is 51.4 Å². The first-order valence-corrected chi connectivity index (χ1v) is 50.2. The standard InChI is InChI=1S/C99H187NO18/c1-3-5-7-9-11-13-15-17-19-21-23-25-27-29-31-33-35-37-38-39-40-41-42-43-44-45-47-49-51-53-55-57-59-61-63-65-67-69-71-73-75-77-87(105)100-82(83(104)76-74-72-70-68-66-64-62-60-58-56-54-52-50-48-46-36-34-32-30-28-26-24-22-20-18-16-14-12-10-8-6-4-2)81-113-97-93(111)90(108)95(85(79-102)115-97)118-99-94(112)91(109)96(86(80-103)116-99)117-98-92(110)89(107)88(106)84(78-101)114-98/h15,17,21,23,74,76,82-86,88-99,101-104,106-112H,3-14,16,18-20,22,24-73,75,77-81H2,1-2H3,(H,100,105)/b17-15-,23-21-,76-74+. The molecule has 3 aliphatic heterocycles. The summed E-state index contributed by atoms with van der Waals surface area (Å²) in [4.78, 5) is 13.6. The Bertz CT molecular complexity index is 2260. The van der Waals surface area contributed by atoms with Crippen LogP contribution in [0.5, 0.6) is 0 Å². The second-order valence-electron chi connectivity index (χ2n) is 36.0. The van der Waals surface area contributed by atoms with Crippen LogP contribution in [0.4, 0.5) is 0 Å². The summed E-state index contributed by atoms with van der Waals surface area (Å²) in [6.45, 7) is 1.81. The summed E-state index contributed by atoms with van der Waals surface area (Å²) in [5.41, 5.74) is 0. The Kier molecular flexibility index (Phi) is 73.3. The predicted molar refractivity (Wildman–Crippen MR) is 480 cm³/mol. The highest BCUT2D eigenvalue weighted by Crippen LogP contribution is 2.34. The normalized spacial score (nSPS) is 24.4. The molecule has 0 bridgehead atoms. The smallest absolute Gasteiger partial charge is 0.220 e. The van der Waals surface area contributed by atoms with Gasteiger partial charge in [-0.3, -0.25) is 4.79 Å². The van der Waals surface area contributed by atoms with E-state index in [9.17, 15) is 61.0 Å². The van der Waals surface area contributed by atoms with Crippen LogP contribution in [-0.2, 0) is 33.2 Å². The maximum absolute atomic E-state index is 13.6. The Morgan fingerprint density at radius 3 is 0.864 bits per heavy atom. The quantitative estimate of drug-likeness (QED) is 0.0199. The molecular formula is C99H187NO18. The number of aliphatic hydroxyl groups excluding tert-OH is 11. The molecular weight excluding hydrogens is 1490 g/mol. The van der Waals surface area contributed by atoms with Crippen LogP contribution in [0.1, 0.15) is 457 Å². The van der Waals surface area contributed by atoms with Gasteiger partial charge in [-0.15, -0.1) is 0 Å². The third-order valence-corrected chi connectivity index (χ3v) is 25.2. The van der Waals surface area contributed by atoms with Gasteiger partial charge in [-0.2, -0.15) is 0 Å². The predicted octanol–water partition coefficient (Wildman–Crippen LogP) is 20.9. The largest absolute Gasteiger partial charge is 0.394 e. The number of unbranched alkanes of at least 4 members (excludes halogenated alkanes) is 64. The molecule has 0 aliphatic carbocycles. The molecule has 1 amide bonds. The number of ether oxygens (including phenoxy) is 6. The van der Waals surface area contributed by atoms with Crippen LogP contribution >= 0.6 is 0 Å². The van der Waals surface area contributed by atoms with Gasteiger partial charge in [-0.1, -0.05) is 436 Å². The van der Waals surface area contributed by atoms with Gasteiger partial charge in [0.1, 0.15) is 73.2 Å². The highest BCUT2D eigenvalue weighted by atomic mass is 16.8. The molecule has 3 heterocycles. The second-order valence-corrected chi connectivity index (χ2v) is 36.0. The Hall–Kier alpha value is -1.99. The Balaban J connectivity index is 1.27. The van der Waals surface area contributed by atoms with Gasteiger partial charge < -0.3 is 89.9 Å². The van der Waals surface area contributed by atoms with E-state index in [4.69, 9.17) is 28.4 Å². The number of carbonyl (C=O) groups excluding carboxylic acids is 1. The maximum atomic E-state index is 13.6. The van der Waals surface area contributed by atoms with Crippen LogP contribution < -0.4 is 5.32 Å². The lowest BCUT2D eigenvalue weighted by atomic mass is 9.96. The molecule has 118 heavy (non-hydrogen) atoms. The van der Waals surface area contributed by atoms with E-state index >= 15 is 0 Å². The number of carbonyl (C=O) groups is 1. The van der Waals surface area contributed by atoms with Gasteiger partial charge in [0.15, 0.2) is 18.9 Å². The van der Waals surface area contributed by atoms with Crippen molar-refractivity contribution in [2.45, 2.75) is 561 Å². The van der Waals surface area contributed by atoms with E-state index in [1.807, 2.05) is 6.08 Å². The average molecular weight is 1680 g/mol. The minimum atomic E-state index is -1.98. The lowest BCUT2D eigenvalue weighted by Gasteiger charge is -2.48. The molecule has 0 aromatic heterocycles. The number of allylic oxidation sites excluding steroid dienone is 5. The number of amides is 1. The average Bonchev–Trinajstić information content (AvgIpc) is 0.777. The first-order chi connectivity index (χ1) is 57.8. The molecule has 19 heteroatoms. The molecule has 3 aliphatic rings. The summed E-state index contributed by atoms with van der Waals surface area (Å²) in [6.07, 6.45) is 76.2. The van der Waals surface area contributed by atoms with Gasteiger partial charge in [-0.25, -0.2) is 0 Å². The third kappa shape index (κ3) is 55.5. The number of rotatable bonds is 84. The van der Waals surface area contributed by atoms with Crippen molar-refractivity contribution in [3.8, 4) is 0 Å². The molecule has 0 radical (unpaired) electrons. The lowest BCUT2D eigenvalue weighted by Crippen LogP contribution is -2.66. The summed E-state index contributed by atoms with van der Waals surface area (Å²) >= 11 is 0. The highest BCUT2D eigenvalue weighted by molar-refractivity contribution is 5.76. The van der Waals surface area contributed by atoms with Crippen LogP contribution in [-0.4, -0.2) is 193 Å². The first-order valence-electron chi connectivity index (χ1n) is 50.2. The fourth-order valence-electron chi connectivity index (χ4n) is 17.2. The van der Waals surface area contributed by atoms with Crippen molar-refractivity contribution in [3.63, 3.8) is 0 Å². The Morgan fingerprint density at radius 2 is 0.559 bits per heavy atom. The molecule has 19 nitrogen and oxygen atoms in total. The zero-order valence-corrected chi connectivity index (χ0v) is 75.7. The van der Waals surface area contributed by atoms with Gasteiger partial charge in [0.05, 0.1) is 38.6 Å². The van der Waals surface area contributed by atoms with E-state index in [2.05, 4.69) is 43.5 Å². The summed E-state index contributed by atoms with van der Waals surface area (Å²) in [7, 11) is 0. The van der Waals surface area contributed by atoms with Gasteiger partial charge in [0.25, 0.3) is 0 Å². The third-order valence-electron chi connectivity index (χ3n) is 25.2. The SMILES string of the molecule is CCCCCCC/C=C\C/C=C\CCCCCCCCCCCCCCCCCCCCCCCCCCCCCCCC(=O)NC(COC1OC(CO)C(OC2OC(CO)C(OC3OC(CO)C(O)C(O)C3O)C(O)C2O)C(O)C1O)C(O)/C=C/CCCCCCCCCCCCCCCCCCCCCCCCCCCCCCCC. The van der Waals surface area contributed by atoms with E-state index in [1.165, 1.54) is 379 Å². The Morgan fingerprint density at radius 1 is 0.305 bits per heavy atom. The van der Waals surface area contributed by atoms with Gasteiger partial charge >= 0.3 is 0 Å². The molecule has 0 aromatic rings. The second kappa shape index (κ2) is 78.5. The Labute approximate surface area is 721 Å². The van der Waals surface area contributed by atoms with Crippen molar-refractivity contribution in [1.82, 2.24) is 5.32 Å². The molecule has 696 valence electrons. The molecule has 0 spiro atoms. The number of aliphatic hydroxyl groups is 11. The van der Waals surface area contributed by atoms with Crippen molar-refractivity contribution < 1.29 is 89.4 Å². The maximum Gasteiger partial charge on any atom is 0.220 e. The molecule has 0 aromatic carbocycles. The molecule has 3 rings (SSSR count). The van der Waals surface area contributed by atoms with Crippen molar-refractivity contribution in [3.05, 3.63) is 36.5 Å². The van der Waals surface area contributed by atoms with Crippen molar-refractivity contribution in [2.24, 2.45) is 0 Å². The topological polar surface area (TPSA) is 307 Å². The number of hydrogen-bond acceptors (Lipinski definition) is 18. The molecule has 3 saturated heterocycles. The molecule has 3 fully saturated rings. The minimum Gasteiger partial charge on any atom is -0.394 e. The first kappa shape index (κ1) is 110. The van der Waals surface area contributed by atoms with Gasteiger partial charge in [-0.05, 0) is 51.4 Å². The van der Waals surface area contributed by atoms with Crippen LogP contribution in [0.15, 0.2) is 36.5 Å². The summed E-state index contributed by atoms with van der Waals surface area (Å²) in [6, 6.07) is -0.974. The number of nitrogens with one attached hydrogen (secondary N) is 1. The van der Waals surface area contributed by atoms with Crippen LogP contribution in [0, 0.1) is 0 Å². The fourth-order valence-corrected chi connectivity index (χ4v) is 17.2. The number of hydrogen-bond donors (Lipinski definition) is 12. The summed E-state index contributed by atoms with van der Waals surface area (Å²) in [5.74, 6) is -0.265.